The van der Waals surface area contributed by atoms with Crippen molar-refractivity contribution in [2.24, 2.45) is 0 Å². The first-order valence-corrected chi connectivity index (χ1v) is 7.47. The minimum absolute atomic E-state index is 0.141. The molecule has 0 heterocycles. The van der Waals surface area contributed by atoms with E-state index in [-0.39, 0.29) is 5.41 Å². The first-order valence-electron chi connectivity index (χ1n) is 7.47. The van der Waals surface area contributed by atoms with Gasteiger partial charge in [0, 0.05) is 6.54 Å². The first kappa shape index (κ1) is 15.4. The van der Waals surface area contributed by atoms with Crippen molar-refractivity contribution in [1.29, 1.82) is 0 Å². The Kier molecular flexibility index (Phi) is 4.89. The molecular formula is C19H25NO. The minimum atomic E-state index is 0.141. The van der Waals surface area contributed by atoms with Crippen LogP contribution in [0, 0.1) is 0 Å². The molecule has 1 N–H and O–H groups in total. The third-order valence-electron chi connectivity index (χ3n) is 3.64. The Morgan fingerprint density at radius 3 is 2.33 bits per heavy atom. The second-order valence-electron chi connectivity index (χ2n) is 6.33. The monoisotopic (exact) mass is 283 g/mol. The zero-order valence-electron chi connectivity index (χ0n) is 13.4. The number of hydrogen-bond donors (Lipinski definition) is 1. The molecule has 0 fully saturated rings. The number of nitrogens with one attached hydrogen (secondary N) is 1. The Balaban J connectivity index is 2.07. The summed E-state index contributed by atoms with van der Waals surface area (Å²) in [6.45, 7) is 7.57. The Labute approximate surface area is 128 Å². The highest BCUT2D eigenvalue weighted by Gasteiger charge is 2.15. The van der Waals surface area contributed by atoms with Gasteiger partial charge in [-0.25, -0.2) is 0 Å². The zero-order chi connectivity index (χ0) is 15.3. The van der Waals surface area contributed by atoms with Crippen LogP contribution in [0.15, 0.2) is 48.5 Å². The Morgan fingerprint density at radius 1 is 1.00 bits per heavy atom. The zero-order valence-corrected chi connectivity index (χ0v) is 13.4. The van der Waals surface area contributed by atoms with Crippen LogP contribution in [-0.2, 0) is 11.8 Å². The molecule has 0 bridgehead atoms. The third kappa shape index (κ3) is 4.25. The van der Waals surface area contributed by atoms with Gasteiger partial charge in [-0.05, 0) is 35.1 Å². The average Bonchev–Trinajstić information content (AvgIpc) is 2.47. The van der Waals surface area contributed by atoms with Crippen LogP contribution in [-0.4, -0.2) is 13.7 Å². The second kappa shape index (κ2) is 6.66. The summed E-state index contributed by atoms with van der Waals surface area (Å²) in [6, 6.07) is 16.9. The molecule has 0 amide bonds. The highest BCUT2D eigenvalue weighted by Crippen LogP contribution is 2.31. The van der Waals surface area contributed by atoms with Crippen molar-refractivity contribution >= 4 is 5.69 Å². The normalized spacial score (nSPS) is 11.2. The number of anilines is 1. The maximum Gasteiger partial charge on any atom is 0.141 e. The summed E-state index contributed by atoms with van der Waals surface area (Å²) in [6.07, 6.45) is 1.00. The molecule has 0 aliphatic carbocycles. The molecule has 0 aliphatic rings. The standard InChI is InChI=1S/C19H25NO/c1-19(2,3)16-10-11-18(21-4)17(14-16)20-13-12-15-8-6-5-7-9-15/h5-11,14,20H,12-13H2,1-4H3. The molecule has 2 heteroatoms. The van der Waals surface area contributed by atoms with Gasteiger partial charge < -0.3 is 10.1 Å². The van der Waals surface area contributed by atoms with Crippen LogP contribution in [0.1, 0.15) is 31.9 Å². The van der Waals surface area contributed by atoms with Crippen molar-refractivity contribution < 1.29 is 4.74 Å². The van der Waals surface area contributed by atoms with Gasteiger partial charge in [-0.2, -0.15) is 0 Å². The summed E-state index contributed by atoms with van der Waals surface area (Å²) in [4.78, 5) is 0. The van der Waals surface area contributed by atoms with Gasteiger partial charge in [0.15, 0.2) is 0 Å². The largest absolute Gasteiger partial charge is 0.495 e. The lowest BCUT2D eigenvalue weighted by atomic mass is 9.87. The summed E-state index contributed by atoms with van der Waals surface area (Å²) in [5.74, 6) is 0.899. The number of methoxy groups -OCH3 is 1. The summed E-state index contributed by atoms with van der Waals surface area (Å²) >= 11 is 0. The van der Waals surface area contributed by atoms with Crippen molar-refractivity contribution in [3.8, 4) is 5.75 Å². The molecule has 21 heavy (non-hydrogen) atoms. The molecule has 2 rings (SSSR count). The van der Waals surface area contributed by atoms with Crippen LogP contribution in [0.3, 0.4) is 0 Å². The average molecular weight is 283 g/mol. The fourth-order valence-electron chi connectivity index (χ4n) is 2.30. The lowest BCUT2D eigenvalue weighted by molar-refractivity contribution is 0.416. The van der Waals surface area contributed by atoms with E-state index < -0.39 is 0 Å². The van der Waals surface area contributed by atoms with Gasteiger partial charge >= 0.3 is 0 Å². The fraction of sp³-hybridized carbons (Fsp3) is 0.368. The van der Waals surface area contributed by atoms with Crippen molar-refractivity contribution in [2.75, 3.05) is 19.0 Å². The van der Waals surface area contributed by atoms with Crippen LogP contribution in [0.25, 0.3) is 0 Å². The minimum Gasteiger partial charge on any atom is -0.495 e. The van der Waals surface area contributed by atoms with E-state index in [2.05, 4.69) is 62.5 Å². The molecule has 0 unspecified atom stereocenters. The summed E-state index contributed by atoms with van der Waals surface area (Å²) in [5.41, 5.74) is 3.87. The second-order valence-corrected chi connectivity index (χ2v) is 6.33. The maximum absolute atomic E-state index is 5.45. The van der Waals surface area contributed by atoms with Crippen LogP contribution < -0.4 is 10.1 Å². The van der Waals surface area contributed by atoms with Crippen molar-refractivity contribution in [1.82, 2.24) is 0 Å². The maximum atomic E-state index is 5.45. The molecule has 0 atom stereocenters. The fourth-order valence-corrected chi connectivity index (χ4v) is 2.30. The predicted octanol–water partition coefficient (Wildman–Crippen LogP) is 4.65. The van der Waals surface area contributed by atoms with Crippen LogP contribution >= 0.6 is 0 Å². The van der Waals surface area contributed by atoms with Gasteiger partial charge in [0.2, 0.25) is 0 Å². The van der Waals surface area contributed by atoms with Gasteiger partial charge in [-0.3, -0.25) is 0 Å². The molecular weight excluding hydrogens is 258 g/mol. The van der Waals surface area contributed by atoms with E-state index in [1.54, 1.807) is 7.11 Å². The van der Waals surface area contributed by atoms with E-state index in [0.29, 0.717) is 0 Å². The highest BCUT2D eigenvalue weighted by molar-refractivity contribution is 5.59. The van der Waals surface area contributed by atoms with Gasteiger partial charge in [0.05, 0.1) is 12.8 Å². The Morgan fingerprint density at radius 2 is 1.71 bits per heavy atom. The highest BCUT2D eigenvalue weighted by atomic mass is 16.5. The van der Waals surface area contributed by atoms with Gasteiger partial charge in [-0.15, -0.1) is 0 Å². The molecule has 0 saturated heterocycles. The molecule has 0 saturated carbocycles. The molecule has 112 valence electrons. The molecule has 2 aromatic rings. The Hall–Kier alpha value is -1.96. The predicted molar refractivity (Wildman–Crippen MR) is 90.3 cm³/mol. The van der Waals surface area contributed by atoms with E-state index in [1.165, 1.54) is 11.1 Å². The molecule has 0 radical (unpaired) electrons. The quantitative estimate of drug-likeness (QED) is 0.862. The van der Waals surface area contributed by atoms with E-state index in [9.17, 15) is 0 Å². The van der Waals surface area contributed by atoms with Gasteiger partial charge in [0.1, 0.15) is 5.75 Å². The van der Waals surface area contributed by atoms with Crippen molar-refractivity contribution in [3.05, 3.63) is 59.7 Å². The van der Waals surface area contributed by atoms with E-state index >= 15 is 0 Å². The smallest absolute Gasteiger partial charge is 0.141 e. The van der Waals surface area contributed by atoms with Crippen molar-refractivity contribution in [2.45, 2.75) is 32.6 Å². The summed E-state index contributed by atoms with van der Waals surface area (Å²) in [5, 5.41) is 3.50. The van der Waals surface area contributed by atoms with Gasteiger partial charge in [0.25, 0.3) is 0 Å². The van der Waals surface area contributed by atoms with E-state index in [0.717, 1.165) is 24.4 Å². The number of benzene rings is 2. The molecule has 2 aromatic carbocycles. The van der Waals surface area contributed by atoms with E-state index in [4.69, 9.17) is 4.74 Å². The summed E-state index contributed by atoms with van der Waals surface area (Å²) in [7, 11) is 1.72. The molecule has 0 spiro atoms. The van der Waals surface area contributed by atoms with Crippen LogP contribution in [0.4, 0.5) is 5.69 Å². The first-order chi connectivity index (χ1) is 10.0. The molecule has 0 aromatic heterocycles. The SMILES string of the molecule is COc1ccc(C(C)(C)C)cc1NCCc1ccccc1. The van der Waals surface area contributed by atoms with E-state index in [1.807, 2.05) is 12.1 Å². The Bertz CT molecular complexity index is 570. The number of ether oxygens (including phenoxy) is 1. The third-order valence-corrected chi connectivity index (χ3v) is 3.64. The van der Waals surface area contributed by atoms with Gasteiger partial charge in [-0.1, -0.05) is 57.2 Å². The molecule has 0 aliphatic heterocycles. The molecule has 2 nitrogen and oxygen atoms in total. The topological polar surface area (TPSA) is 21.3 Å². The van der Waals surface area contributed by atoms with Crippen LogP contribution in [0.2, 0.25) is 0 Å². The summed E-state index contributed by atoms with van der Waals surface area (Å²) < 4.78 is 5.45. The lowest BCUT2D eigenvalue weighted by Gasteiger charge is -2.21. The number of rotatable bonds is 5. The van der Waals surface area contributed by atoms with Crippen LogP contribution in [0.5, 0.6) is 5.75 Å². The van der Waals surface area contributed by atoms with Crippen molar-refractivity contribution in [3.63, 3.8) is 0 Å². The lowest BCUT2D eigenvalue weighted by Crippen LogP contribution is -2.13. The number of hydrogen-bond acceptors (Lipinski definition) is 2.